The van der Waals surface area contributed by atoms with Crippen LogP contribution in [0, 0.1) is 6.54 Å². The van der Waals surface area contributed by atoms with Crippen molar-refractivity contribution in [3.05, 3.63) is 36.6 Å². The summed E-state index contributed by atoms with van der Waals surface area (Å²) in [7, 11) is 0. The van der Waals surface area contributed by atoms with Gasteiger partial charge in [0.2, 0.25) is 0 Å². The van der Waals surface area contributed by atoms with Gasteiger partial charge in [-0.1, -0.05) is 12.1 Å². The highest BCUT2D eigenvalue weighted by molar-refractivity contribution is 5.94. The van der Waals surface area contributed by atoms with Crippen LogP contribution in [0.1, 0.15) is 10.6 Å². The number of carbonyl (C=O) groups is 1. The van der Waals surface area contributed by atoms with Crippen LogP contribution in [-0.4, -0.2) is 40.4 Å². The fourth-order valence-electron chi connectivity index (χ4n) is 1.94. The number of nitrogens with one attached hydrogen (secondary N) is 2. The lowest BCUT2D eigenvalue weighted by atomic mass is 10.3. The molecule has 0 saturated carbocycles. The number of imidazole rings is 1. The normalized spacial score (nSPS) is 16.4. The van der Waals surface area contributed by atoms with Gasteiger partial charge in [0.1, 0.15) is 0 Å². The van der Waals surface area contributed by atoms with Gasteiger partial charge in [0, 0.05) is 19.6 Å². The zero-order chi connectivity index (χ0) is 11.7. The molecular weight excluding hydrogens is 216 g/mol. The number of aromatic amines is 1. The van der Waals surface area contributed by atoms with Crippen molar-refractivity contribution in [3.8, 4) is 0 Å². The summed E-state index contributed by atoms with van der Waals surface area (Å²) in [6, 6.07) is 7.64. The average molecular weight is 229 g/mol. The Kier molecular flexibility index (Phi) is 2.53. The number of aromatic nitrogens is 2. The standard InChI is InChI=1S/C12H13N4O/c17-12(16-7-5-13-6-8-16)11-14-9-3-1-2-4-10(9)15-11/h1-4,7,13H,5-6,8H2,(H,14,15). The van der Waals surface area contributed by atoms with E-state index in [4.69, 9.17) is 0 Å². The minimum absolute atomic E-state index is 0.0669. The van der Waals surface area contributed by atoms with E-state index in [1.807, 2.05) is 30.8 Å². The third-order valence-electron chi connectivity index (χ3n) is 2.84. The van der Waals surface area contributed by atoms with Crippen LogP contribution in [0.5, 0.6) is 0 Å². The Morgan fingerprint density at radius 2 is 2.24 bits per heavy atom. The lowest BCUT2D eigenvalue weighted by Crippen LogP contribution is -2.43. The molecule has 1 aromatic carbocycles. The molecule has 1 amide bonds. The van der Waals surface area contributed by atoms with Crippen LogP contribution in [0.15, 0.2) is 24.3 Å². The molecular formula is C12H13N4O. The Morgan fingerprint density at radius 1 is 1.35 bits per heavy atom. The monoisotopic (exact) mass is 229 g/mol. The molecule has 1 aliphatic rings. The first-order chi connectivity index (χ1) is 8.34. The van der Waals surface area contributed by atoms with E-state index < -0.39 is 0 Å². The molecule has 3 rings (SSSR count). The number of para-hydroxylation sites is 2. The smallest absolute Gasteiger partial charge is 0.290 e. The Labute approximate surface area is 98.8 Å². The lowest BCUT2D eigenvalue weighted by molar-refractivity contribution is 0.0771. The van der Waals surface area contributed by atoms with Gasteiger partial charge >= 0.3 is 0 Å². The molecule has 1 fully saturated rings. The zero-order valence-corrected chi connectivity index (χ0v) is 9.31. The predicted molar refractivity (Wildman–Crippen MR) is 64.3 cm³/mol. The topological polar surface area (TPSA) is 61.0 Å². The molecule has 0 unspecified atom stereocenters. The number of fused-ring (bicyclic) bond motifs is 1. The van der Waals surface area contributed by atoms with Gasteiger partial charge in [0.05, 0.1) is 17.6 Å². The first kappa shape index (κ1) is 10.3. The molecule has 0 atom stereocenters. The second-order valence-corrected chi connectivity index (χ2v) is 3.99. The number of hydrogen-bond donors (Lipinski definition) is 2. The number of benzene rings is 1. The zero-order valence-electron chi connectivity index (χ0n) is 9.31. The second kappa shape index (κ2) is 4.18. The van der Waals surface area contributed by atoms with Crippen LogP contribution >= 0.6 is 0 Å². The molecule has 2 aromatic rings. The molecule has 0 aliphatic carbocycles. The molecule has 5 nitrogen and oxygen atoms in total. The molecule has 0 bridgehead atoms. The van der Waals surface area contributed by atoms with Crippen molar-refractivity contribution >= 4 is 16.9 Å². The van der Waals surface area contributed by atoms with Crippen molar-refractivity contribution in [3.63, 3.8) is 0 Å². The van der Waals surface area contributed by atoms with Gasteiger partial charge in [-0.3, -0.25) is 4.79 Å². The molecule has 1 aromatic heterocycles. The fourth-order valence-corrected chi connectivity index (χ4v) is 1.94. The Bertz CT molecular complexity index is 509. The fraction of sp³-hybridized carbons (Fsp3) is 0.250. The maximum atomic E-state index is 12.1. The van der Waals surface area contributed by atoms with Crippen molar-refractivity contribution in [2.45, 2.75) is 0 Å². The van der Waals surface area contributed by atoms with E-state index in [2.05, 4.69) is 15.3 Å². The number of carbonyl (C=O) groups excluding carboxylic acids is 1. The van der Waals surface area contributed by atoms with Crippen molar-refractivity contribution in [1.82, 2.24) is 20.2 Å². The molecule has 5 heteroatoms. The predicted octanol–water partition coefficient (Wildman–Crippen LogP) is 0.770. The van der Waals surface area contributed by atoms with Gasteiger partial charge in [0.15, 0.2) is 5.82 Å². The highest BCUT2D eigenvalue weighted by Crippen LogP contribution is 2.12. The minimum atomic E-state index is -0.0669. The van der Waals surface area contributed by atoms with Crippen LogP contribution in [-0.2, 0) is 0 Å². The van der Waals surface area contributed by atoms with Crippen LogP contribution in [0.25, 0.3) is 11.0 Å². The summed E-state index contributed by atoms with van der Waals surface area (Å²) in [6.07, 6.45) is 0. The van der Waals surface area contributed by atoms with Crippen LogP contribution in [0.3, 0.4) is 0 Å². The highest BCUT2D eigenvalue weighted by Gasteiger charge is 2.20. The molecule has 17 heavy (non-hydrogen) atoms. The first-order valence-electron chi connectivity index (χ1n) is 5.64. The Morgan fingerprint density at radius 3 is 3.00 bits per heavy atom. The lowest BCUT2D eigenvalue weighted by Gasteiger charge is -2.25. The maximum Gasteiger partial charge on any atom is 0.290 e. The van der Waals surface area contributed by atoms with Crippen LogP contribution in [0.4, 0.5) is 0 Å². The SMILES string of the molecule is O=C(c1nc2ccccc2[nH]1)N1[CH]CNCC1. The highest BCUT2D eigenvalue weighted by atomic mass is 16.2. The number of nitrogens with zero attached hydrogens (tertiary/aromatic N) is 2. The molecule has 1 radical (unpaired) electrons. The van der Waals surface area contributed by atoms with Crippen LogP contribution < -0.4 is 5.32 Å². The van der Waals surface area contributed by atoms with Gasteiger partial charge in [-0.05, 0) is 12.1 Å². The molecule has 87 valence electrons. The van der Waals surface area contributed by atoms with Gasteiger partial charge in [-0.15, -0.1) is 0 Å². The average Bonchev–Trinajstić information content (AvgIpc) is 2.82. The van der Waals surface area contributed by atoms with Gasteiger partial charge in [0.25, 0.3) is 5.91 Å². The van der Waals surface area contributed by atoms with E-state index in [9.17, 15) is 4.79 Å². The Balaban J connectivity index is 1.89. The van der Waals surface area contributed by atoms with Gasteiger partial charge in [-0.2, -0.15) is 0 Å². The maximum absolute atomic E-state index is 12.1. The van der Waals surface area contributed by atoms with Crippen molar-refractivity contribution in [2.75, 3.05) is 19.6 Å². The van der Waals surface area contributed by atoms with E-state index >= 15 is 0 Å². The van der Waals surface area contributed by atoms with Crippen molar-refractivity contribution in [2.24, 2.45) is 0 Å². The number of rotatable bonds is 1. The molecule has 2 N–H and O–H groups in total. The second-order valence-electron chi connectivity index (χ2n) is 3.99. The largest absolute Gasteiger partial charge is 0.334 e. The summed E-state index contributed by atoms with van der Waals surface area (Å²) in [5.74, 6) is 0.340. The molecule has 2 heterocycles. The third-order valence-corrected chi connectivity index (χ3v) is 2.84. The first-order valence-corrected chi connectivity index (χ1v) is 5.64. The molecule has 1 aliphatic heterocycles. The third kappa shape index (κ3) is 1.89. The summed E-state index contributed by atoms with van der Waals surface area (Å²) in [5, 5.41) is 3.17. The quantitative estimate of drug-likeness (QED) is 0.759. The van der Waals surface area contributed by atoms with E-state index in [1.165, 1.54) is 0 Å². The van der Waals surface area contributed by atoms with E-state index in [0.717, 1.165) is 24.1 Å². The molecule has 0 spiro atoms. The van der Waals surface area contributed by atoms with E-state index in [0.29, 0.717) is 12.4 Å². The van der Waals surface area contributed by atoms with Crippen LogP contribution in [0.2, 0.25) is 0 Å². The number of piperazine rings is 1. The minimum Gasteiger partial charge on any atom is -0.334 e. The van der Waals surface area contributed by atoms with Crippen molar-refractivity contribution in [1.29, 1.82) is 0 Å². The van der Waals surface area contributed by atoms with Gasteiger partial charge in [-0.25, -0.2) is 4.98 Å². The van der Waals surface area contributed by atoms with E-state index in [-0.39, 0.29) is 5.91 Å². The molecule has 1 saturated heterocycles. The summed E-state index contributed by atoms with van der Waals surface area (Å²) in [6.45, 7) is 4.10. The number of hydrogen-bond acceptors (Lipinski definition) is 3. The summed E-state index contributed by atoms with van der Waals surface area (Å²) >= 11 is 0. The number of H-pyrrole nitrogens is 1. The van der Waals surface area contributed by atoms with E-state index in [1.54, 1.807) is 4.90 Å². The van der Waals surface area contributed by atoms with Crippen molar-refractivity contribution < 1.29 is 4.79 Å². The number of amides is 1. The summed E-state index contributed by atoms with van der Waals surface area (Å²) in [4.78, 5) is 21.2. The Hall–Kier alpha value is -1.88. The summed E-state index contributed by atoms with van der Waals surface area (Å²) < 4.78 is 0. The van der Waals surface area contributed by atoms with Gasteiger partial charge < -0.3 is 15.2 Å². The summed E-state index contributed by atoms with van der Waals surface area (Å²) in [5.41, 5.74) is 1.72.